The Bertz CT molecular complexity index is 647. The second-order valence-electron chi connectivity index (χ2n) is 7.60. The third kappa shape index (κ3) is 2.37. The van der Waals surface area contributed by atoms with Gasteiger partial charge in [0.1, 0.15) is 0 Å². The molecule has 2 nitrogen and oxygen atoms in total. The van der Waals surface area contributed by atoms with Gasteiger partial charge in [0.2, 0.25) is 0 Å². The van der Waals surface area contributed by atoms with Gasteiger partial charge in [-0.15, -0.1) is 0 Å². The van der Waals surface area contributed by atoms with E-state index in [1.807, 2.05) is 0 Å². The van der Waals surface area contributed by atoms with E-state index in [0.717, 1.165) is 5.46 Å². The van der Waals surface area contributed by atoms with Gasteiger partial charge in [0.05, 0.1) is 11.2 Å². The monoisotopic (exact) mass is 296 g/mol. The zero-order chi connectivity index (χ0) is 16.3. The van der Waals surface area contributed by atoms with Crippen molar-refractivity contribution >= 4 is 12.6 Å². The summed E-state index contributed by atoms with van der Waals surface area (Å²) in [7, 11) is -0.289. The summed E-state index contributed by atoms with van der Waals surface area (Å²) in [5.74, 6) is 0. The second kappa shape index (κ2) is 4.84. The van der Waals surface area contributed by atoms with Crippen LogP contribution in [0.25, 0.3) is 11.1 Å². The fraction of sp³-hybridized carbons (Fsp3) is 0.474. The van der Waals surface area contributed by atoms with Crippen LogP contribution in [0.4, 0.5) is 0 Å². The molecule has 1 fully saturated rings. The van der Waals surface area contributed by atoms with E-state index in [0.29, 0.717) is 0 Å². The van der Waals surface area contributed by atoms with Crippen LogP contribution >= 0.6 is 0 Å². The molecular weight excluding hydrogens is 271 g/mol. The van der Waals surface area contributed by atoms with Gasteiger partial charge in [0, 0.05) is 0 Å². The lowest BCUT2D eigenvalue weighted by Crippen LogP contribution is -2.41. The molecule has 0 aromatic carbocycles. The number of hydrogen-bond donors (Lipinski definition) is 0. The average Bonchev–Trinajstić information content (AvgIpc) is 2.86. The molecule has 1 saturated heterocycles. The van der Waals surface area contributed by atoms with Crippen molar-refractivity contribution in [2.24, 2.45) is 0 Å². The van der Waals surface area contributed by atoms with E-state index < -0.39 is 0 Å². The summed E-state index contributed by atoms with van der Waals surface area (Å²) in [6.45, 7) is 14.9. The molecule has 3 heteroatoms. The molecule has 1 heterocycles. The Hall–Kier alpha value is -1.32. The number of aryl methyl sites for hydroxylation is 3. The largest absolute Gasteiger partial charge is 0.494 e. The molecule has 2 aliphatic carbocycles. The maximum atomic E-state index is 6.18. The van der Waals surface area contributed by atoms with E-state index in [2.05, 4.69) is 72.7 Å². The summed E-state index contributed by atoms with van der Waals surface area (Å²) in [5, 5.41) is 0. The van der Waals surface area contributed by atoms with E-state index in [9.17, 15) is 0 Å². The van der Waals surface area contributed by atoms with Gasteiger partial charge in [0.25, 0.3) is 0 Å². The van der Waals surface area contributed by atoms with Gasteiger partial charge < -0.3 is 9.31 Å². The minimum atomic E-state index is -0.299. The van der Waals surface area contributed by atoms with Gasteiger partial charge in [-0.25, -0.2) is 0 Å². The first-order valence-electron chi connectivity index (χ1n) is 7.98. The predicted molar refractivity (Wildman–Crippen MR) is 93.0 cm³/mol. The fourth-order valence-corrected chi connectivity index (χ4v) is 3.18. The summed E-state index contributed by atoms with van der Waals surface area (Å²) in [5.41, 5.74) is 6.98. The van der Waals surface area contributed by atoms with E-state index in [-0.39, 0.29) is 18.3 Å². The Morgan fingerprint density at radius 3 is 1.55 bits per heavy atom. The Labute approximate surface area is 134 Å². The van der Waals surface area contributed by atoms with Crippen LogP contribution in [-0.2, 0) is 9.31 Å². The first kappa shape index (κ1) is 15.6. The Balaban J connectivity index is 2.08. The van der Waals surface area contributed by atoms with Crippen LogP contribution in [0, 0.1) is 20.8 Å². The lowest BCUT2D eigenvalue weighted by Gasteiger charge is -2.32. The molecule has 0 spiro atoms. The van der Waals surface area contributed by atoms with Crippen molar-refractivity contribution < 1.29 is 9.31 Å². The second-order valence-corrected chi connectivity index (χ2v) is 7.60. The minimum absolute atomic E-state index is 0.289. The molecule has 3 rings (SSSR count). The maximum absolute atomic E-state index is 6.18. The smallest absolute Gasteiger partial charge is 0.399 e. The molecule has 3 aliphatic rings. The van der Waals surface area contributed by atoms with E-state index in [4.69, 9.17) is 9.31 Å². The van der Waals surface area contributed by atoms with Crippen LogP contribution < -0.4 is 5.46 Å². The SMILES string of the molecule is Cc1cc(C)c2cc(B3OC(C)(C)C(C)(C)O3)cc-2c(C)c1. The van der Waals surface area contributed by atoms with Crippen molar-refractivity contribution in [3.05, 3.63) is 41.0 Å². The number of hydrogen-bond acceptors (Lipinski definition) is 2. The molecule has 22 heavy (non-hydrogen) atoms. The van der Waals surface area contributed by atoms with Crippen molar-refractivity contribution in [3.63, 3.8) is 0 Å². The van der Waals surface area contributed by atoms with Gasteiger partial charge >= 0.3 is 7.12 Å². The first-order valence-corrected chi connectivity index (χ1v) is 7.98. The van der Waals surface area contributed by atoms with E-state index in [1.54, 1.807) is 0 Å². The highest BCUT2D eigenvalue weighted by Gasteiger charge is 2.52. The summed E-state index contributed by atoms with van der Waals surface area (Å²) in [6.07, 6.45) is 0. The first-order chi connectivity index (χ1) is 10.1. The third-order valence-corrected chi connectivity index (χ3v) is 5.18. The van der Waals surface area contributed by atoms with Crippen LogP contribution in [0.1, 0.15) is 44.4 Å². The van der Waals surface area contributed by atoms with Gasteiger partial charge in [-0.2, -0.15) is 0 Å². The van der Waals surface area contributed by atoms with Crippen LogP contribution in [0.15, 0.2) is 24.3 Å². The van der Waals surface area contributed by atoms with E-state index in [1.165, 1.54) is 27.8 Å². The number of rotatable bonds is 1. The van der Waals surface area contributed by atoms with Crippen LogP contribution in [0.3, 0.4) is 0 Å². The zero-order valence-electron chi connectivity index (χ0n) is 14.7. The third-order valence-electron chi connectivity index (χ3n) is 5.18. The molecule has 0 amide bonds. The highest BCUT2D eigenvalue weighted by atomic mass is 16.7. The van der Waals surface area contributed by atoms with Gasteiger partial charge in [-0.1, -0.05) is 29.8 Å². The zero-order valence-corrected chi connectivity index (χ0v) is 14.7. The normalized spacial score (nSPS) is 19.9. The minimum Gasteiger partial charge on any atom is -0.399 e. The molecule has 1 aliphatic heterocycles. The molecule has 0 N–H and O–H groups in total. The Morgan fingerprint density at radius 1 is 0.727 bits per heavy atom. The topological polar surface area (TPSA) is 18.5 Å². The van der Waals surface area contributed by atoms with Gasteiger partial charge in [0.15, 0.2) is 0 Å². The van der Waals surface area contributed by atoms with Crippen molar-refractivity contribution in [1.29, 1.82) is 0 Å². The Kier molecular flexibility index (Phi) is 3.43. The van der Waals surface area contributed by atoms with Crippen LogP contribution in [-0.4, -0.2) is 18.3 Å². The van der Waals surface area contributed by atoms with Crippen molar-refractivity contribution in [1.82, 2.24) is 0 Å². The fourth-order valence-electron chi connectivity index (χ4n) is 3.18. The molecule has 116 valence electrons. The summed E-state index contributed by atoms with van der Waals surface area (Å²) in [6, 6.07) is 8.92. The molecule has 0 radical (unpaired) electrons. The molecular formula is C19H25BO2. The summed E-state index contributed by atoms with van der Waals surface area (Å²) in [4.78, 5) is 0. The van der Waals surface area contributed by atoms with Crippen molar-refractivity contribution in [2.45, 2.75) is 59.7 Å². The van der Waals surface area contributed by atoms with Crippen molar-refractivity contribution in [2.75, 3.05) is 0 Å². The molecule has 0 atom stereocenters. The predicted octanol–water partition coefficient (Wildman–Crippen LogP) is 4.02. The quantitative estimate of drug-likeness (QED) is 0.740. The highest BCUT2D eigenvalue weighted by Crippen LogP contribution is 2.38. The van der Waals surface area contributed by atoms with Crippen LogP contribution in [0.2, 0.25) is 0 Å². The standard InChI is InChI=1S/C19H25BO2/c1-12-8-13(2)16-10-15(11-17(16)14(3)9-12)20-21-18(4,5)19(6,7)22-20/h8-11H,1-7H3. The molecule has 0 saturated carbocycles. The maximum Gasteiger partial charge on any atom is 0.494 e. The van der Waals surface area contributed by atoms with Crippen molar-refractivity contribution in [3.8, 4) is 11.1 Å². The summed E-state index contributed by atoms with van der Waals surface area (Å²) >= 11 is 0. The lowest BCUT2D eigenvalue weighted by molar-refractivity contribution is 0.00578. The molecule has 0 aromatic rings. The lowest BCUT2D eigenvalue weighted by atomic mass is 9.81. The van der Waals surface area contributed by atoms with Gasteiger partial charge in [-0.3, -0.25) is 0 Å². The Morgan fingerprint density at radius 2 is 1.14 bits per heavy atom. The highest BCUT2D eigenvalue weighted by molar-refractivity contribution is 6.62. The van der Waals surface area contributed by atoms with Crippen LogP contribution in [0.5, 0.6) is 0 Å². The molecule has 0 bridgehead atoms. The molecule has 0 unspecified atom stereocenters. The van der Waals surface area contributed by atoms with E-state index >= 15 is 0 Å². The average molecular weight is 296 g/mol. The number of fused-ring (bicyclic) bond motifs is 1. The molecule has 0 aromatic heterocycles. The summed E-state index contributed by atoms with van der Waals surface area (Å²) < 4.78 is 12.4. The van der Waals surface area contributed by atoms with Gasteiger partial charge in [-0.05, 0) is 76.2 Å².